The zero-order valence-corrected chi connectivity index (χ0v) is 48.0. The van der Waals surface area contributed by atoms with Crippen LogP contribution in [0.2, 0.25) is 0 Å². The molecule has 440 valence electrons. The van der Waals surface area contributed by atoms with Crippen molar-refractivity contribution in [3.05, 3.63) is 113 Å². The minimum absolute atomic E-state index is 0.0751. The first-order valence-electron chi connectivity index (χ1n) is 28.7. The molecular formula is C60H72F2N12O8S. The van der Waals surface area contributed by atoms with Crippen molar-refractivity contribution in [3.63, 3.8) is 0 Å². The van der Waals surface area contributed by atoms with Crippen molar-refractivity contribution >= 4 is 74.9 Å². The van der Waals surface area contributed by atoms with Gasteiger partial charge < -0.3 is 50.7 Å². The topological polar surface area (TPSA) is 247 Å². The molecule has 1 aliphatic carbocycles. The molecule has 6 aromatic rings. The highest BCUT2D eigenvalue weighted by Crippen LogP contribution is 2.34. The second-order valence-corrected chi connectivity index (χ2v) is 23.9. The summed E-state index contributed by atoms with van der Waals surface area (Å²) in [6, 6.07) is 10.4. The van der Waals surface area contributed by atoms with Crippen molar-refractivity contribution in [1.29, 1.82) is 0 Å². The van der Waals surface area contributed by atoms with E-state index in [9.17, 15) is 33.2 Å². The second-order valence-electron chi connectivity index (χ2n) is 22.8. The molecule has 0 radical (unpaired) electrons. The van der Waals surface area contributed by atoms with Gasteiger partial charge >= 0.3 is 0 Å². The molecule has 2 saturated heterocycles. The Labute approximate surface area is 483 Å². The molecule has 6 bridgehead atoms. The monoisotopic (exact) mass is 1160 g/mol. The summed E-state index contributed by atoms with van der Waals surface area (Å²) in [7, 11) is 1.68. The molecule has 20 nitrogen and oxygen atoms in total. The van der Waals surface area contributed by atoms with Crippen molar-refractivity contribution in [2.45, 2.75) is 146 Å². The molecule has 0 spiro atoms. The number of carbonyl (C=O) groups excluding carboxylic acids is 7. The van der Waals surface area contributed by atoms with Crippen LogP contribution in [0.4, 0.5) is 8.78 Å². The Kier molecular flexibility index (Phi) is 17.9. The van der Waals surface area contributed by atoms with Gasteiger partial charge in [-0.1, -0.05) is 17.3 Å². The van der Waals surface area contributed by atoms with Crippen molar-refractivity contribution in [2.24, 2.45) is 5.92 Å². The third-order valence-corrected chi connectivity index (χ3v) is 18.0. The molecular weight excluding hydrogens is 1090 g/mol. The summed E-state index contributed by atoms with van der Waals surface area (Å²) >= 11 is 1.64. The summed E-state index contributed by atoms with van der Waals surface area (Å²) in [5.74, 6) is -3.56. The van der Waals surface area contributed by atoms with Gasteiger partial charge in [0.2, 0.25) is 41.4 Å². The van der Waals surface area contributed by atoms with Crippen LogP contribution in [0.3, 0.4) is 0 Å². The van der Waals surface area contributed by atoms with Crippen LogP contribution in [0.25, 0.3) is 27.5 Å². The molecule has 6 atom stereocenters. The van der Waals surface area contributed by atoms with Crippen LogP contribution >= 0.6 is 11.8 Å². The van der Waals surface area contributed by atoms with Crippen LogP contribution in [0.1, 0.15) is 101 Å². The maximum Gasteiger partial charge on any atom is 0.246 e. The van der Waals surface area contributed by atoms with E-state index < -0.39 is 76.9 Å². The summed E-state index contributed by atoms with van der Waals surface area (Å²) in [6.07, 6.45) is 10.1. The van der Waals surface area contributed by atoms with Gasteiger partial charge in [-0.15, -0.1) is 5.10 Å². The molecule has 23 heteroatoms. The average Bonchev–Trinajstić information content (AvgIpc) is 4.53. The zero-order chi connectivity index (χ0) is 58.5. The Bertz CT molecular complexity index is 3410. The van der Waals surface area contributed by atoms with Crippen molar-refractivity contribution in [1.82, 2.24) is 60.9 Å². The molecule has 0 unspecified atom stereocenters. The van der Waals surface area contributed by atoms with Crippen LogP contribution in [0.5, 0.6) is 0 Å². The lowest BCUT2D eigenvalue weighted by Gasteiger charge is -2.38. The number of halogens is 2. The molecule has 6 heterocycles. The number of nitrogens with one attached hydrogen (secondary N) is 6. The molecule has 83 heavy (non-hydrogen) atoms. The number of benzene rings is 3. The van der Waals surface area contributed by atoms with E-state index >= 15 is 9.18 Å². The largest absolute Gasteiger partial charge is 0.381 e. The Morgan fingerprint density at radius 1 is 0.904 bits per heavy atom. The molecule has 10 rings (SSSR count). The Morgan fingerprint density at radius 3 is 2.47 bits per heavy atom. The smallest absolute Gasteiger partial charge is 0.246 e. The molecule has 3 fully saturated rings. The number of nitrogens with zero attached hydrogens (tertiary/aromatic N) is 6. The predicted molar refractivity (Wildman–Crippen MR) is 308 cm³/mol. The number of aromatic nitrogens is 5. The van der Waals surface area contributed by atoms with Crippen LogP contribution in [0, 0.1) is 17.6 Å². The first-order chi connectivity index (χ1) is 39.9. The fraction of sp³-hybridized carbons (Fsp3) is 0.483. The van der Waals surface area contributed by atoms with E-state index in [0.29, 0.717) is 88.9 Å². The second kappa shape index (κ2) is 25.5. The summed E-state index contributed by atoms with van der Waals surface area (Å²) in [5, 5.41) is 24.4. The van der Waals surface area contributed by atoms with Gasteiger partial charge in [0.15, 0.2) is 0 Å². The van der Waals surface area contributed by atoms with Crippen LogP contribution in [-0.4, -0.2) is 150 Å². The zero-order valence-electron chi connectivity index (χ0n) is 47.2. The van der Waals surface area contributed by atoms with E-state index in [1.807, 2.05) is 28.8 Å². The third kappa shape index (κ3) is 13.3. The third-order valence-electron chi connectivity index (χ3n) is 17.0. The molecule has 4 aliphatic rings. The first-order valence-corrected chi connectivity index (χ1v) is 29.8. The van der Waals surface area contributed by atoms with Crippen LogP contribution in [0.15, 0.2) is 79.3 Å². The molecule has 3 aromatic carbocycles. The summed E-state index contributed by atoms with van der Waals surface area (Å²) < 4.78 is 39.1. The van der Waals surface area contributed by atoms with Crippen molar-refractivity contribution in [2.75, 3.05) is 32.5 Å². The van der Waals surface area contributed by atoms with E-state index in [-0.39, 0.29) is 56.2 Å². The van der Waals surface area contributed by atoms with Crippen molar-refractivity contribution in [3.8, 4) is 5.69 Å². The molecule has 7 amide bonds. The van der Waals surface area contributed by atoms with E-state index in [4.69, 9.17) is 4.74 Å². The predicted octanol–water partition coefficient (Wildman–Crippen LogP) is 5.12. The number of thioether (sulfide) groups is 1. The highest BCUT2D eigenvalue weighted by Gasteiger charge is 2.48. The number of H-pyrrole nitrogens is 1. The van der Waals surface area contributed by atoms with Crippen LogP contribution < -0.4 is 26.6 Å². The van der Waals surface area contributed by atoms with Gasteiger partial charge in [0.1, 0.15) is 53.1 Å². The number of hydrogen-bond acceptors (Lipinski definition) is 11. The maximum atomic E-state index is 15.4. The standard InChI is InChI=1S/C60H72F2N12O8S/c1-35-54(76)67-50(25-37-11-15-45(82-4)16-12-37)58(80)73-22-7-19-60(73,3)59(81)63-20-23-83-34-38-8-5-9-44(24-38)74-33-43(69-70-74)32-71-31-40(47-29-42(62)14-18-52(47)71)27-51(57(79)72-21-6-10-53(72)56(78)65-35)68-55(77)49(66-36(2)75)26-39-30-64-48-17-13-41(61)28-46(39)48/h5,8-9,13-14,17-18,24,28-31,33,35,37,45,49-51,53,64H,6-7,10-12,15-16,19-23,25-27,32,34H2,1-4H3,(H,63,81)(H,65,78)(H,66,75)(H,67,76)(H,68,77)/t35-,37?,45?,49-,50-,51+,53-,60-/m0/s1. The molecule has 3 aromatic heterocycles. The number of fused-ring (bicyclic) bond motifs is 13. The number of ether oxygens (including phenoxy) is 1. The first kappa shape index (κ1) is 58.5. The molecule has 1 saturated carbocycles. The minimum atomic E-state index is -1.40. The highest BCUT2D eigenvalue weighted by atomic mass is 32.2. The normalized spacial score (nSPS) is 24.8. The fourth-order valence-electron chi connectivity index (χ4n) is 12.5. The van der Waals surface area contributed by atoms with E-state index in [2.05, 4.69) is 41.9 Å². The lowest BCUT2D eigenvalue weighted by atomic mass is 9.83. The number of hydrogen-bond donors (Lipinski definition) is 6. The van der Waals surface area contributed by atoms with Crippen LogP contribution in [-0.2, 0) is 63.4 Å². The van der Waals surface area contributed by atoms with E-state index in [1.165, 1.54) is 43.0 Å². The Balaban J connectivity index is 0.979. The van der Waals surface area contributed by atoms with E-state index in [0.717, 1.165) is 36.9 Å². The molecule has 6 N–H and O–H groups in total. The summed E-state index contributed by atoms with van der Waals surface area (Å²) in [4.78, 5) is 107. The average molecular weight is 1160 g/mol. The van der Waals surface area contributed by atoms with Gasteiger partial charge in [-0.2, -0.15) is 11.8 Å². The fourth-order valence-corrected chi connectivity index (χ4v) is 13.3. The number of rotatable bonds is 8. The van der Waals surface area contributed by atoms with Gasteiger partial charge in [-0.25, -0.2) is 13.5 Å². The summed E-state index contributed by atoms with van der Waals surface area (Å²) in [6.45, 7) is 5.51. The lowest BCUT2D eigenvalue weighted by Crippen LogP contribution is -2.61. The number of methoxy groups -OCH3 is 1. The SMILES string of the molecule is COC1CCC(C[C@@H]2NC(=O)[C@H](C)NC(=O)[C@@H]3CCCN3C(=O)[C@H](NC(=O)[C@H](Cc3c[nH]c4ccc(F)cc34)NC(C)=O)Cc3cn(c4ccc(F)cc34)Cc3cn(nn3)-c3cccc(c3)CSCCNC(=O)[C@]3(C)CCCN3C2=O)CC1. The Hall–Kier alpha value is -7.66. The van der Waals surface area contributed by atoms with Gasteiger partial charge in [-0.3, -0.25) is 33.6 Å². The van der Waals surface area contributed by atoms with Crippen molar-refractivity contribution < 1.29 is 47.1 Å². The minimum Gasteiger partial charge on any atom is -0.381 e. The van der Waals surface area contributed by atoms with Gasteiger partial charge in [-0.05, 0) is 143 Å². The molecule has 3 aliphatic heterocycles. The maximum absolute atomic E-state index is 15.4. The quantitative estimate of drug-likeness (QED) is 0.117. The number of carbonyl (C=O) groups is 7. The summed E-state index contributed by atoms with van der Waals surface area (Å²) in [5.41, 5.74) is 3.39. The highest BCUT2D eigenvalue weighted by molar-refractivity contribution is 7.98. The number of amides is 7. The van der Waals surface area contributed by atoms with Gasteiger partial charge in [0.05, 0.1) is 24.5 Å². The number of aromatic amines is 1. The van der Waals surface area contributed by atoms with Gasteiger partial charge in [0, 0.05) is 92.2 Å². The lowest BCUT2D eigenvalue weighted by molar-refractivity contribution is -0.147. The van der Waals surface area contributed by atoms with Gasteiger partial charge in [0.25, 0.3) is 0 Å². The Morgan fingerprint density at radius 2 is 1.69 bits per heavy atom. The van der Waals surface area contributed by atoms with E-state index in [1.54, 1.807) is 66.1 Å².